The lowest BCUT2D eigenvalue weighted by atomic mass is 10.1. The molecule has 3 aromatic rings. The second-order valence-corrected chi connectivity index (χ2v) is 8.21. The highest BCUT2D eigenvalue weighted by molar-refractivity contribution is 7.13. The van der Waals surface area contributed by atoms with Crippen molar-refractivity contribution in [3.05, 3.63) is 75.2 Å². The summed E-state index contributed by atoms with van der Waals surface area (Å²) in [6.07, 6.45) is 2.98. The Bertz CT molecular complexity index is 1120. The number of benzene rings is 2. The molecule has 0 radical (unpaired) electrons. The first-order valence-corrected chi connectivity index (χ1v) is 10.7. The Labute approximate surface area is 178 Å². The molecule has 1 aliphatic heterocycles. The second kappa shape index (κ2) is 8.20. The smallest absolute Gasteiger partial charge is 0.267 e. The van der Waals surface area contributed by atoms with E-state index in [0.29, 0.717) is 33.1 Å². The van der Waals surface area contributed by atoms with Crippen LogP contribution in [0.2, 0.25) is 0 Å². The molecule has 152 valence electrons. The van der Waals surface area contributed by atoms with Gasteiger partial charge >= 0.3 is 0 Å². The zero-order valence-corrected chi connectivity index (χ0v) is 17.6. The second-order valence-electron chi connectivity index (χ2n) is 7.12. The molecule has 0 atom stereocenters. The van der Waals surface area contributed by atoms with Gasteiger partial charge in [0.25, 0.3) is 17.7 Å². The van der Waals surface area contributed by atoms with Gasteiger partial charge in [-0.3, -0.25) is 14.4 Å². The van der Waals surface area contributed by atoms with Gasteiger partial charge in [-0.15, -0.1) is 11.3 Å². The SMILES string of the molecule is CCCCc1nc(C)c(C(=O)Nc2cccc(N3C(=O)c4ccccc4C3=O)c2)s1. The summed E-state index contributed by atoms with van der Waals surface area (Å²) in [5.74, 6) is -0.969. The van der Waals surface area contributed by atoms with Crippen molar-refractivity contribution in [1.82, 2.24) is 4.98 Å². The predicted octanol–water partition coefficient (Wildman–Crippen LogP) is 4.85. The van der Waals surface area contributed by atoms with Gasteiger partial charge in [0.15, 0.2) is 0 Å². The number of rotatable bonds is 6. The van der Waals surface area contributed by atoms with Gasteiger partial charge in [0.05, 0.1) is 27.5 Å². The van der Waals surface area contributed by atoms with Gasteiger partial charge in [0.2, 0.25) is 0 Å². The van der Waals surface area contributed by atoms with E-state index < -0.39 is 0 Å². The zero-order chi connectivity index (χ0) is 21.3. The van der Waals surface area contributed by atoms with Crippen molar-refractivity contribution >= 4 is 40.4 Å². The highest BCUT2D eigenvalue weighted by atomic mass is 32.1. The number of carbonyl (C=O) groups excluding carboxylic acids is 3. The molecule has 3 amide bonds. The Kier molecular flexibility index (Phi) is 5.46. The molecule has 2 aromatic carbocycles. The van der Waals surface area contributed by atoms with E-state index in [2.05, 4.69) is 17.2 Å². The van der Waals surface area contributed by atoms with Crippen LogP contribution in [0.3, 0.4) is 0 Å². The Morgan fingerprint density at radius 1 is 1.07 bits per heavy atom. The van der Waals surface area contributed by atoms with E-state index in [1.54, 1.807) is 48.5 Å². The molecule has 1 aliphatic rings. The molecule has 0 bridgehead atoms. The van der Waals surface area contributed by atoms with Crippen molar-refractivity contribution in [2.45, 2.75) is 33.1 Å². The molecule has 1 aromatic heterocycles. The van der Waals surface area contributed by atoms with Crippen molar-refractivity contribution in [1.29, 1.82) is 0 Å². The van der Waals surface area contributed by atoms with Gasteiger partial charge in [-0.1, -0.05) is 31.5 Å². The summed E-state index contributed by atoms with van der Waals surface area (Å²) in [4.78, 5) is 44.4. The topological polar surface area (TPSA) is 79.4 Å². The van der Waals surface area contributed by atoms with E-state index in [1.165, 1.54) is 11.3 Å². The number of nitrogens with one attached hydrogen (secondary N) is 1. The van der Waals surface area contributed by atoms with Gasteiger partial charge in [0, 0.05) is 5.69 Å². The van der Waals surface area contributed by atoms with Gasteiger partial charge in [0.1, 0.15) is 4.88 Å². The molecule has 2 heterocycles. The fourth-order valence-corrected chi connectivity index (χ4v) is 4.43. The average Bonchev–Trinajstić information content (AvgIpc) is 3.24. The van der Waals surface area contributed by atoms with Crippen LogP contribution in [0.15, 0.2) is 48.5 Å². The molecule has 1 N–H and O–H groups in total. The first-order chi connectivity index (χ1) is 14.5. The number of unbranched alkanes of at least 4 members (excludes halogenated alkanes) is 1. The minimum absolute atomic E-state index is 0.243. The molecule has 4 rings (SSSR count). The van der Waals surface area contributed by atoms with E-state index in [0.717, 1.165) is 29.2 Å². The molecule has 30 heavy (non-hydrogen) atoms. The van der Waals surface area contributed by atoms with E-state index in [4.69, 9.17) is 0 Å². The third-order valence-corrected chi connectivity index (χ3v) is 6.16. The number of hydrogen-bond donors (Lipinski definition) is 1. The Balaban J connectivity index is 1.55. The minimum atomic E-state index is -0.363. The standard InChI is InChI=1S/C23H21N3O3S/c1-3-4-12-19-24-14(2)20(30-19)21(27)25-15-8-7-9-16(13-15)26-22(28)17-10-5-6-11-18(17)23(26)29/h5-11,13H,3-4,12H2,1-2H3,(H,25,27). The molecule has 0 unspecified atom stereocenters. The van der Waals surface area contributed by atoms with E-state index in [1.807, 2.05) is 6.92 Å². The predicted molar refractivity (Wildman–Crippen MR) is 117 cm³/mol. The number of thiazole rings is 1. The number of anilines is 2. The van der Waals surface area contributed by atoms with Crippen molar-refractivity contribution in [3.8, 4) is 0 Å². The number of amides is 3. The van der Waals surface area contributed by atoms with Crippen molar-refractivity contribution < 1.29 is 14.4 Å². The van der Waals surface area contributed by atoms with E-state index >= 15 is 0 Å². The maximum atomic E-state index is 12.8. The summed E-state index contributed by atoms with van der Waals surface area (Å²) in [7, 11) is 0. The van der Waals surface area contributed by atoms with Crippen LogP contribution in [0.1, 0.15) is 60.9 Å². The molecule has 6 nitrogen and oxygen atoms in total. The molecule has 0 aliphatic carbocycles. The molecule has 0 spiro atoms. The number of fused-ring (bicyclic) bond motifs is 1. The van der Waals surface area contributed by atoms with Gasteiger partial charge < -0.3 is 5.32 Å². The summed E-state index contributed by atoms with van der Waals surface area (Å²) in [6.45, 7) is 3.95. The van der Waals surface area contributed by atoms with Crippen LogP contribution in [0.4, 0.5) is 11.4 Å². The van der Waals surface area contributed by atoms with Crippen LogP contribution in [0.5, 0.6) is 0 Å². The number of hydrogen-bond acceptors (Lipinski definition) is 5. The molecule has 0 saturated carbocycles. The largest absolute Gasteiger partial charge is 0.321 e. The third kappa shape index (κ3) is 3.64. The fraction of sp³-hybridized carbons (Fsp3) is 0.217. The minimum Gasteiger partial charge on any atom is -0.321 e. The number of carbonyl (C=O) groups is 3. The van der Waals surface area contributed by atoms with Gasteiger partial charge in [-0.25, -0.2) is 9.88 Å². The summed E-state index contributed by atoms with van der Waals surface area (Å²) in [5.41, 5.74) is 2.41. The number of aryl methyl sites for hydroxylation is 2. The maximum Gasteiger partial charge on any atom is 0.267 e. The van der Waals surface area contributed by atoms with Crippen LogP contribution in [-0.2, 0) is 6.42 Å². The van der Waals surface area contributed by atoms with Crippen LogP contribution in [0.25, 0.3) is 0 Å². The van der Waals surface area contributed by atoms with Gasteiger partial charge in [-0.2, -0.15) is 0 Å². The van der Waals surface area contributed by atoms with Crippen LogP contribution < -0.4 is 10.2 Å². The number of aromatic nitrogens is 1. The zero-order valence-electron chi connectivity index (χ0n) is 16.8. The maximum absolute atomic E-state index is 12.8. The molecule has 0 fully saturated rings. The highest BCUT2D eigenvalue weighted by Gasteiger charge is 2.36. The number of nitrogens with zero attached hydrogens (tertiary/aromatic N) is 2. The average molecular weight is 420 g/mol. The summed E-state index contributed by atoms with van der Waals surface area (Å²) in [5, 5.41) is 3.82. The van der Waals surface area contributed by atoms with E-state index in [9.17, 15) is 14.4 Å². The molecular formula is C23H21N3O3S. The van der Waals surface area contributed by atoms with Crippen molar-refractivity contribution in [2.24, 2.45) is 0 Å². The van der Waals surface area contributed by atoms with Crippen LogP contribution in [-0.4, -0.2) is 22.7 Å². The fourth-order valence-electron chi connectivity index (χ4n) is 3.43. The normalized spacial score (nSPS) is 12.9. The lowest BCUT2D eigenvalue weighted by Gasteiger charge is -2.15. The lowest BCUT2D eigenvalue weighted by molar-refractivity contribution is 0.0925. The Hall–Kier alpha value is -3.32. The Morgan fingerprint density at radius 3 is 2.43 bits per heavy atom. The third-order valence-electron chi connectivity index (χ3n) is 4.95. The summed E-state index contributed by atoms with van der Waals surface area (Å²) in [6, 6.07) is 13.5. The summed E-state index contributed by atoms with van der Waals surface area (Å²) >= 11 is 1.41. The quantitative estimate of drug-likeness (QED) is 0.580. The highest BCUT2D eigenvalue weighted by Crippen LogP contribution is 2.30. The van der Waals surface area contributed by atoms with E-state index in [-0.39, 0.29) is 17.7 Å². The molecule has 0 saturated heterocycles. The monoisotopic (exact) mass is 419 g/mol. The van der Waals surface area contributed by atoms with Crippen molar-refractivity contribution in [3.63, 3.8) is 0 Å². The Morgan fingerprint density at radius 2 is 1.77 bits per heavy atom. The first kappa shape index (κ1) is 20.0. The molecular weight excluding hydrogens is 398 g/mol. The van der Waals surface area contributed by atoms with Gasteiger partial charge in [-0.05, 0) is 50.1 Å². The van der Waals surface area contributed by atoms with Crippen LogP contribution in [0, 0.1) is 6.92 Å². The lowest BCUT2D eigenvalue weighted by Crippen LogP contribution is -2.29. The number of imide groups is 1. The van der Waals surface area contributed by atoms with Crippen molar-refractivity contribution in [2.75, 3.05) is 10.2 Å². The molecule has 7 heteroatoms. The van der Waals surface area contributed by atoms with Crippen LogP contribution >= 0.6 is 11.3 Å². The first-order valence-electron chi connectivity index (χ1n) is 9.85. The summed E-state index contributed by atoms with van der Waals surface area (Å²) < 4.78 is 0.